The summed E-state index contributed by atoms with van der Waals surface area (Å²) in [5, 5.41) is 17.8. The zero-order chi connectivity index (χ0) is 21.9. The van der Waals surface area contributed by atoms with Crippen molar-refractivity contribution in [1.29, 1.82) is 0 Å². The van der Waals surface area contributed by atoms with Gasteiger partial charge in [-0.05, 0) is 58.5 Å². The van der Waals surface area contributed by atoms with Gasteiger partial charge in [0.2, 0.25) is 5.82 Å². The van der Waals surface area contributed by atoms with Crippen molar-refractivity contribution in [1.82, 2.24) is 20.2 Å². The largest absolute Gasteiger partial charge is 0.497 e. The molecule has 7 heteroatoms. The Balaban J connectivity index is 1.46. The van der Waals surface area contributed by atoms with Gasteiger partial charge in [0.15, 0.2) is 0 Å². The molecule has 0 aliphatic rings. The first-order chi connectivity index (χ1) is 15.7. The number of anilines is 1. The third-order valence-corrected chi connectivity index (χ3v) is 5.17. The molecule has 1 aromatic heterocycles. The van der Waals surface area contributed by atoms with Crippen LogP contribution in [0.1, 0.15) is 10.4 Å². The van der Waals surface area contributed by atoms with E-state index in [0.29, 0.717) is 22.6 Å². The molecule has 7 nitrogen and oxygen atoms in total. The average molecular weight is 421 g/mol. The monoisotopic (exact) mass is 421 g/mol. The molecule has 32 heavy (non-hydrogen) atoms. The Morgan fingerprint density at radius 2 is 1.62 bits per heavy atom. The molecule has 0 spiro atoms. The molecule has 4 aromatic carbocycles. The zero-order valence-corrected chi connectivity index (χ0v) is 17.3. The van der Waals surface area contributed by atoms with E-state index in [2.05, 4.69) is 20.7 Å². The highest BCUT2D eigenvalue weighted by Crippen LogP contribution is 2.27. The molecule has 0 aliphatic carbocycles. The Morgan fingerprint density at radius 3 is 2.47 bits per heavy atom. The molecule has 1 amide bonds. The quantitative estimate of drug-likeness (QED) is 0.443. The number of aromatic nitrogens is 4. The maximum Gasteiger partial charge on any atom is 0.256 e. The molecule has 1 N–H and O–H groups in total. The summed E-state index contributed by atoms with van der Waals surface area (Å²) in [6, 6.07) is 28.3. The van der Waals surface area contributed by atoms with E-state index in [0.717, 1.165) is 22.2 Å². The fourth-order valence-corrected chi connectivity index (χ4v) is 3.55. The van der Waals surface area contributed by atoms with Crippen LogP contribution < -0.4 is 10.1 Å². The van der Waals surface area contributed by atoms with Crippen molar-refractivity contribution in [2.75, 3.05) is 12.4 Å². The Bertz CT molecular complexity index is 1400. The maximum atomic E-state index is 13.1. The number of hydrogen-bond donors (Lipinski definition) is 1. The van der Waals surface area contributed by atoms with Crippen molar-refractivity contribution in [3.8, 4) is 22.8 Å². The van der Waals surface area contributed by atoms with E-state index >= 15 is 0 Å². The third-order valence-electron chi connectivity index (χ3n) is 5.17. The number of methoxy groups -OCH3 is 1. The first kappa shape index (κ1) is 19.4. The van der Waals surface area contributed by atoms with E-state index in [-0.39, 0.29) is 5.91 Å². The van der Waals surface area contributed by atoms with Crippen molar-refractivity contribution < 1.29 is 9.53 Å². The summed E-state index contributed by atoms with van der Waals surface area (Å²) >= 11 is 0. The predicted octanol–water partition coefficient (Wildman–Crippen LogP) is 4.74. The first-order valence-corrected chi connectivity index (χ1v) is 10.1. The molecular weight excluding hydrogens is 402 g/mol. The lowest BCUT2D eigenvalue weighted by molar-refractivity contribution is 0.102. The van der Waals surface area contributed by atoms with Gasteiger partial charge in [0, 0.05) is 11.1 Å². The summed E-state index contributed by atoms with van der Waals surface area (Å²) in [5.41, 5.74) is 2.65. The molecule has 0 aliphatic heterocycles. The molecule has 1 heterocycles. The van der Waals surface area contributed by atoms with Crippen molar-refractivity contribution in [2.45, 2.75) is 0 Å². The number of carbonyl (C=O) groups excluding carboxylic acids is 1. The number of amides is 1. The lowest BCUT2D eigenvalue weighted by Crippen LogP contribution is -2.13. The lowest BCUT2D eigenvalue weighted by Gasteiger charge is -2.10. The number of benzene rings is 4. The van der Waals surface area contributed by atoms with E-state index in [1.165, 1.54) is 4.80 Å². The second kappa shape index (κ2) is 8.31. The van der Waals surface area contributed by atoms with Gasteiger partial charge in [0.05, 0.1) is 18.5 Å². The van der Waals surface area contributed by atoms with Gasteiger partial charge in [0.1, 0.15) is 5.75 Å². The van der Waals surface area contributed by atoms with Crippen LogP contribution in [0.2, 0.25) is 0 Å². The van der Waals surface area contributed by atoms with Crippen LogP contribution in [0.3, 0.4) is 0 Å². The summed E-state index contributed by atoms with van der Waals surface area (Å²) < 4.78 is 5.19. The number of tetrazole rings is 1. The van der Waals surface area contributed by atoms with Gasteiger partial charge in [-0.2, -0.15) is 0 Å². The number of carbonyl (C=O) groups is 1. The highest BCUT2D eigenvalue weighted by molar-refractivity contribution is 6.13. The van der Waals surface area contributed by atoms with Gasteiger partial charge in [-0.15, -0.1) is 15.0 Å². The molecular formula is C25H19N5O2. The van der Waals surface area contributed by atoms with Crippen LogP contribution in [0.25, 0.3) is 27.8 Å². The molecule has 0 fully saturated rings. The summed E-state index contributed by atoms with van der Waals surface area (Å²) in [7, 11) is 1.62. The lowest BCUT2D eigenvalue weighted by atomic mass is 10.0. The minimum Gasteiger partial charge on any atom is -0.497 e. The summed E-state index contributed by atoms with van der Waals surface area (Å²) in [4.78, 5) is 14.6. The fourth-order valence-electron chi connectivity index (χ4n) is 3.55. The molecule has 0 saturated carbocycles. The number of rotatable bonds is 5. The van der Waals surface area contributed by atoms with Crippen molar-refractivity contribution in [3.63, 3.8) is 0 Å². The van der Waals surface area contributed by atoms with Crippen LogP contribution in [-0.2, 0) is 0 Å². The number of fused-ring (bicyclic) bond motifs is 1. The number of ether oxygens (including phenoxy) is 1. The molecule has 156 valence electrons. The molecule has 0 bridgehead atoms. The fraction of sp³-hybridized carbons (Fsp3) is 0.0400. The van der Waals surface area contributed by atoms with Gasteiger partial charge in [0.25, 0.3) is 5.91 Å². The normalized spacial score (nSPS) is 10.8. The standard InChI is InChI=1S/C25H19N5O2/c1-32-19-15-13-18(14-16-19)30-28-24(27-29-30)22-10-4-5-12-23(22)26-25(31)21-11-6-8-17-7-2-3-9-20(17)21/h2-16H,1H3,(H,26,31). The minimum absolute atomic E-state index is 0.197. The smallest absolute Gasteiger partial charge is 0.256 e. The molecule has 0 saturated heterocycles. The molecule has 0 unspecified atom stereocenters. The Morgan fingerprint density at radius 1 is 0.875 bits per heavy atom. The maximum absolute atomic E-state index is 13.1. The van der Waals surface area contributed by atoms with Crippen LogP contribution in [-0.4, -0.2) is 33.2 Å². The molecule has 0 radical (unpaired) electrons. The van der Waals surface area contributed by atoms with E-state index in [4.69, 9.17) is 4.74 Å². The Kier molecular flexibility index (Phi) is 5.05. The van der Waals surface area contributed by atoms with Crippen LogP contribution in [0.5, 0.6) is 5.75 Å². The average Bonchev–Trinajstić information content (AvgIpc) is 3.34. The molecule has 0 atom stereocenters. The topological polar surface area (TPSA) is 81.9 Å². The molecule has 5 rings (SSSR count). The van der Waals surface area contributed by atoms with Gasteiger partial charge in [-0.25, -0.2) is 0 Å². The van der Waals surface area contributed by atoms with Gasteiger partial charge < -0.3 is 10.1 Å². The number of para-hydroxylation sites is 1. The van der Waals surface area contributed by atoms with E-state index in [9.17, 15) is 4.79 Å². The Hall–Kier alpha value is -4.52. The van der Waals surface area contributed by atoms with Crippen molar-refractivity contribution >= 4 is 22.4 Å². The van der Waals surface area contributed by atoms with Crippen molar-refractivity contribution in [3.05, 3.63) is 96.6 Å². The SMILES string of the molecule is COc1ccc(-n2nnc(-c3ccccc3NC(=O)c3cccc4ccccc34)n2)cc1. The van der Waals surface area contributed by atoms with E-state index in [1.807, 2.05) is 91.0 Å². The van der Waals surface area contributed by atoms with Crippen LogP contribution in [0, 0.1) is 0 Å². The number of nitrogens with zero attached hydrogens (tertiary/aromatic N) is 4. The summed E-state index contributed by atoms with van der Waals surface area (Å²) in [6.07, 6.45) is 0. The first-order valence-electron chi connectivity index (χ1n) is 10.1. The highest BCUT2D eigenvalue weighted by atomic mass is 16.5. The number of hydrogen-bond acceptors (Lipinski definition) is 5. The van der Waals surface area contributed by atoms with Crippen LogP contribution in [0.4, 0.5) is 5.69 Å². The van der Waals surface area contributed by atoms with Crippen LogP contribution in [0.15, 0.2) is 91.0 Å². The van der Waals surface area contributed by atoms with Crippen LogP contribution >= 0.6 is 0 Å². The van der Waals surface area contributed by atoms with Crippen molar-refractivity contribution in [2.24, 2.45) is 0 Å². The third kappa shape index (κ3) is 3.67. The second-order valence-electron chi connectivity index (χ2n) is 7.13. The van der Waals surface area contributed by atoms with Gasteiger partial charge in [-0.1, -0.05) is 48.5 Å². The summed E-state index contributed by atoms with van der Waals surface area (Å²) in [6.45, 7) is 0. The minimum atomic E-state index is -0.197. The Labute approximate surface area is 184 Å². The van der Waals surface area contributed by atoms with Gasteiger partial charge in [-0.3, -0.25) is 4.79 Å². The van der Waals surface area contributed by atoms with E-state index in [1.54, 1.807) is 7.11 Å². The zero-order valence-electron chi connectivity index (χ0n) is 17.3. The number of nitrogens with one attached hydrogen (secondary N) is 1. The van der Waals surface area contributed by atoms with E-state index < -0.39 is 0 Å². The highest BCUT2D eigenvalue weighted by Gasteiger charge is 2.16. The summed E-state index contributed by atoms with van der Waals surface area (Å²) in [5.74, 6) is 0.960. The second-order valence-corrected chi connectivity index (χ2v) is 7.13. The predicted molar refractivity (Wildman–Crippen MR) is 123 cm³/mol. The molecule has 5 aromatic rings. The van der Waals surface area contributed by atoms with Gasteiger partial charge >= 0.3 is 0 Å².